The van der Waals surface area contributed by atoms with E-state index < -0.39 is 10.1 Å². The minimum atomic E-state index is -3.82. The zero-order valence-electron chi connectivity index (χ0n) is 17.0. The maximum atomic E-state index is 12.9. The first-order valence-corrected chi connectivity index (χ1v) is 13.0. The van der Waals surface area contributed by atoms with Gasteiger partial charge in [0.1, 0.15) is 0 Å². The summed E-state index contributed by atoms with van der Waals surface area (Å²) in [5, 5.41) is 0. The molecule has 5 heteroatoms. The van der Waals surface area contributed by atoms with Crippen LogP contribution in [0.25, 0.3) is 0 Å². The summed E-state index contributed by atoms with van der Waals surface area (Å²) in [6, 6.07) is 17.1. The van der Waals surface area contributed by atoms with Gasteiger partial charge in [0.05, 0.1) is 0 Å². The van der Waals surface area contributed by atoms with Crippen LogP contribution >= 0.6 is 0 Å². The Bertz CT molecular complexity index is 856. The van der Waals surface area contributed by atoms with Crippen LogP contribution in [-0.4, -0.2) is 23.4 Å². The molecule has 0 radical (unpaired) electrons. The Kier molecular flexibility index (Phi) is 9.30. The van der Waals surface area contributed by atoms with Crippen molar-refractivity contribution in [3.63, 3.8) is 0 Å². The molecule has 0 N–H and O–H groups in total. The number of unbranched alkanes of at least 4 members (excludes halogenated alkanes) is 2. The third-order valence-electron chi connectivity index (χ3n) is 4.33. The predicted octanol–water partition coefficient (Wildman–Crippen LogP) is 5.32. The number of hydrogen-bond donors (Lipinski definition) is 0. The second-order valence-electron chi connectivity index (χ2n) is 6.82. The van der Waals surface area contributed by atoms with E-state index in [4.69, 9.17) is 4.18 Å². The second-order valence-corrected chi connectivity index (χ2v) is 10.8. The number of aryl methyl sites for hydroxylation is 1. The van der Waals surface area contributed by atoms with Crippen LogP contribution in [0.3, 0.4) is 0 Å². The molecule has 0 aromatic heterocycles. The molecule has 0 amide bonds. The first-order valence-electron chi connectivity index (χ1n) is 9.92. The zero-order chi connectivity index (χ0) is 20.4. The van der Waals surface area contributed by atoms with Crippen LogP contribution in [-0.2, 0) is 14.3 Å². The SMILES string of the molecule is CCCC/C(OS(=O)(=O)c1ccc(C)cc1)=C(/CCCC)[Se]c1ccccc1. The predicted molar refractivity (Wildman–Crippen MR) is 117 cm³/mol. The molecule has 2 rings (SSSR count). The zero-order valence-corrected chi connectivity index (χ0v) is 19.5. The van der Waals surface area contributed by atoms with Crippen molar-refractivity contribution in [3.8, 4) is 0 Å². The molecule has 0 fully saturated rings. The van der Waals surface area contributed by atoms with E-state index in [-0.39, 0.29) is 19.9 Å². The van der Waals surface area contributed by atoms with Gasteiger partial charge in [-0.2, -0.15) is 0 Å². The summed E-state index contributed by atoms with van der Waals surface area (Å²) in [6.45, 7) is 6.21. The van der Waals surface area contributed by atoms with E-state index in [0.717, 1.165) is 42.1 Å². The van der Waals surface area contributed by atoms with Gasteiger partial charge in [-0.1, -0.05) is 0 Å². The monoisotopic (exact) mass is 466 g/mol. The van der Waals surface area contributed by atoms with E-state index in [1.54, 1.807) is 24.3 Å². The van der Waals surface area contributed by atoms with Crippen LogP contribution in [0.1, 0.15) is 57.9 Å². The van der Waals surface area contributed by atoms with Gasteiger partial charge in [-0.3, -0.25) is 0 Å². The van der Waals surface area contributed by atoms with Crippen LogP contribution < -0.4 is 4.46 Å². The molecule has 0 aliphatic heterocycles. The van der Waals surface area contributed by atoms with Gasteiger partial charge in [-0.15, -0.1) is 0 Å². The Morgan fingerprint density at radius 2 is 1.50 bits per heavy atom. The Hall–Kier alpha value is -1.55. The van der Waals surface area contributed by atoms with Gasteiger partial charge in [0.15, 0.2) is 0 Å². The van der Waals surface area contributed by atoms with Crippen molar-refractivity contribution < 1.29 is 12.6 Å². The molecule has 152 valence electrons. The first-order chi connectivity index (χ1) is 13.5. The van der Waals surface area contributed by atoms with Crippen molar-refractivity contribution in [3.05, 3.63) is 70.4 Å². The average Bonchev–Trinajstić information content (AvgIpc) is 2.69. The molecule has 3 nitrogen and oxygen atoms in total. The van der Waals surface area contributed by atoms with Crippen LogP contribution in [0.4, 0.5) is 0 Å². The standard InChI is InChI=1S/C23H30O3SSe/c1-4-6-13-22(26-27(24,25)20-17-15-19(3)16-18-20)23(14-7-5-2)28-21-11-9-8-10-12-21/h8-12,15-18H,4-7,13-14H2,1-3H3/b23-22+. The van der Waals surface area contributed by atoms with Gasteiger partial charge in [-0.05, 0) is 0 Å². The molecule has 2 aromatic rings. The van der Waals surface area contributed by atoms with Gasteiger partial charge < -0.3 is 0 Å². The van der Waals surface area contributed by atoms with E-state index in [0.29, 0.717) is 12.2 Å². The molecule has 0 spiro atoms. The van der Waals surface area contributed by atoms with Gasteiger partial charge in [0.2, 0.25) is 0 Å². The van der Waals surface area contributed by atoms with Crippen LogP contribution in [0.2, 0.25) is 0 Å². The fourth-order valence-corrected chi connectivity index (χ4v) is 6.07. The van der Waals surface area contributed by atoms with Gasteiger partial charge >= 0.3 is 177 Å². The maximum absolute atomic E-state index is 12.9. The average molecular weight is 466 g/mol. The molecule has 0 unspecified atom stereocenters. The molecular weight excluding hydrogens is 435 g/mol. The minimum absolute atomic E-state index is 0.0578. The molecular formula is C23H30O3SSe. The summed E-state index contributed by atoms with van der Waals surface area (Å²) in [5.74, 6) is 0.653. The van der Waals surface area contributed by atoms with Gasteiger partial charge in [-0.25, -0.2) is 0 Å². The van der Waals surface area contributed by atoms with Crippen molar-refractivity contribution in [2.24, 2.45) is 0 Å². The Labute approximate surface area is 176 Å². The Balaban J connectivity index is 2.38. The first kappa shape index (κ1) is 22.7. The molecule has 0 bridgehead atoms. The Morgan fingerprint density at radius 1 is 0.893 bits per heavy atom. The third-order valence-corrected chi connectivity index (χ3v) is 8.09. The van der Waals surface area contributed by atoms with Gasteiger partial charge in [0, 0.05) is 0 Å². The van der Waals surface area contributed by atoms with Crippen molar-refractivity contribution >= 4 is 29.5 Å². The van der Waals surface area contributed by atoms with Crippen molar-refractivity contribution in [1.29, 1.82) is 0 Å². The summed E-state index contributed by atoms with van der Waals surface area (Å²) in [6.07, 6.45) is 5.56. The number of hydrogen-bond acceptors (Lipinski definition) is 3. The number of benzene rings is 2. The third kappa shape index (κ3) is 7.12. The number of rotatable bonds is 11. The van der Waals surface area contributed by atoms with Crippen LogP contribution in [0.15, 0.2) is 69.7 Å². The van der Waals surface area contributed by atoms with E-state index in [2.05, 4.69) is 26.0 Å². The molecule has 0 aliphatic rings. The van der Waals surface area contributed by atoms with Crippen molar-refractivity contribution in [2.75, 3.05) is 0 Å². The summed E-state index contributed by atoms with van der Waals surface area (Å²) in [5.41, 5.74) is 1.02. The summed E-state index contributed by atoms with van der Waals surface area (Å²) < 4.78 is 34.0. The van der Waals surface area contributed by atoms with Crippen molar-refractivity contribution in [1.82, 2.24) is 0 Å². The van der Waals surface area contributed by atoms with Crippen molar-refractivity contribution in [2.45, 2.75) is 64.2 Å². The fraction of sp³-hybridized carbons (Fsp3) is 0.391. The topological polar surface area (TPSA) is 43.4 Å². The van der Waals surface area contributed by atoms with E-state index in [1.165, 1.54) is 4.46 Å². The number of allylic oxidation sites excluding steroid dienone is 2. The van der Waals surface area contributed by atoms with E-state index >= 15 is 0 Å². The fourth-order valence-electron chi connectivity index (χ4n) is 2.67. The molecule has 0 aliphatic carbocycles. The van der Waals surface area contributed by atoms with E-state index in [1.807, 2.05) is 25.1 Å². The summed E-state index contributed by atoms with van der Waals surface area (Å²) in [7, 11) is -3.82. The Morgan fingerprint density at radius 3 is 2.11 bits per heavy atom. The van der Waals surface area contributed by atoms with Crippen LogP contribution in [0, 0.1) is 6.92 Å². The second kappa shape index (κ2) is 11.5. The molecule has 28 heavy (non-hydrogen) atoms. The van der Waals surface area contributed by atoms with E-state index in [9.17, 15) is 8.42 Å². The molecule has 0 saturated heterocycles. The van der Waals surface area contributed by atoms with Crippen LogP contribution in [0.5, 0.6) is 0 Å². The molecule has 0 heterocycles. The molecule has 0 saturated carbocycles. The van der Waals surface area contributed by atoms with Gasteiger partial charge in [0.25, 0.3) is 0 Å². The quantitative estimate of drug-likeness (QED) is 0.256. The molecule has 0 atom stereocenters. The summed E-state index contributed by atoms with van der Waals surface area (Å²) >= 11 is 0.0578. The summed E-state index contributed by atoms with van der Waals surface area (Å²) in [4.78, 5) is 0.217. The molecule has 2 aromatic carbocycles. The normalized spacial score (nSPS) is 12.5.